The van der Waals surface area contributed by atoms with Gasteiger partial charge in [0.05, 0.1) is 17.9 Å². The number of hydrogen-bond donors (Lipinski definition) is 0. The van der Waals surface area contributed by atoms with E-state index in [4.69, 9.17) is 0 Å². The fourth-order valence-electron chi connectivity index (χ4n) is 2.20. The lowest BCUT2D eigenvalue weighted by Gasteiger charge is -2.14. The van der Waals surface area contributed by atoms with E-state index in [0.29, 0.717) is 0 Å². The van der Waals surface area contributed by atoms with Crippen molar-refractivity contribution in [3.63, 3.8) is 0 Å². The molecule has 0 amide bonds. The highest BCUT2D eigenvalue weighted by Crippen LogP contribution is 2.21. The number of aromatic nitrogens is 3. The molecule has 0 spiro atoms. The van der Waals surface area contributed by atoms with Gasteiger partial charge in [0.15, 0.2) is 0 Å². The molecule has 0 N–H and O–H groups in total. The Balaban J connectivity index is 2.12. The van der Waals surface area contributed by atoms with Gasteiger partial charge in [-0.2, -0.15) is 0 Å². The van der Waals surface area contributed by atoms with Gasteiger partial charge in [-0.1, -0.05) is 6.07 Å². The van der Waals surface area contributed by atoms with Gasteiger partial charge in [0.25, 0.3) is 5.56 Å². The molecule has 3 heterocycles. The first-order chi connectivity index (χ1) is 9.58. The monoisotopic (exact) mass is 285 g/mol. The SMILES string of the molecule is Cc1ccc(C(C)n2cnc3c(C)csc3c2=O)cn1. The lowest BCUT2D eigenvalue weighted by Crippen LogP contribution is -2.23. The maximum atomic E-state index is 12.5. The van der Waals surface area contributed by atoms with Crippen LogP contribution in [0.15, 0.2) is 34.8 Å². The average molecular weight is 285 g/mol. The molecule has 0 fully saturated rings. The molecule has 0 saturated carbocycles. The highest BCUT2D eigenvalue weighted by molar-refractivity contribution is 7.17. The van der Waals surface area contributed by atoms with Crippen molar-refractivity contribution in [2.75, 3.05) is 0 Å². The molecule has 3 aromatic rings. The van der Waals surface area contributed by atoms with Crippen LogP contribution in [0.2, 0.25) is 0 Å². The van der Waals surface area contributed by atoms with Crippen molar-refractivity contribution in [2.45, 2.75) is 26.8 Å². The third-order valence-electron chi connectivity index (χ3n) is 3.52. The topological polar surface area (TPSA) is 47.8 Å². The number of rotatable bonds is 2. The molecule has 0 radical (unpaired) electrons. The standard InChI is InChI=1S/C15H15N3OS/c1-9-7-20-14-13(9)17-8-18(15(14)19)11(3)12-5-4-10(2)16-6-12/h4-8,11H,1-3H3. The molecule has 0 aliphatic heterocycles. The van der Waals surface area contributed by atoms with Gasteiger partial charge < -0.3 is 0 Å². The summed E-state index contributed by atoms with van der Waals surface area (Å²) in [7, 11) is 0. The molecule has 0 aliphatic rings. The molecule has 3 rings (SSSR count). The van der Waals surface area contributed by atoms with Gasteiger partial charge in [-0.25, -0.2) is 4.98 Å². The predicted molar refractivity (Wildman–Crippen MR) is 81.4 cm³/mol. The average Bonchev–Trinajstić information content (AvgIpc) is 2.82. The van der Waals surface area contributed by atoms with E-state index in [1.807, 2.05) is 44.5 Å². The minimum absolute atomic E-state index is 0.0150. The van der Waals surface area contributed by atoms with Crippen LogP contribution in [0.4, 0.5) is 0 Å². The summed E-state index contributed by atoms with van der Waals surface area (Å²) >= 11 is 1.46. The van der Waals surface area contributed by atoms with Crippen LogP contribution in [0, 0.1) is 13.8 Å². The van der Waals surface area contributed by atoms with Gasteiger partial charge >= 0.3 is 0 Å². The Bertz CT molecular complexity index is 817. The Morgan fingerprint density at radius 3 is 2.75 bits per heavy atom. The van der Waals surface area contributed by atoms with Crippen LogP contribution < -0.4 is 5.56 Å². The van der Waals surface area contributed by atoms with Crippen LogP contribution in [-0.2, 0) is 0 Å². The molecule has 102 valence electrons. The van der Waals surface area contributed by atoms with Gasteiger partial charge in [-0.05, 0) is 43.3 Å². The molecule has 0 saturated heterocycles. The van der Waals surface area contributed by atoms with Crippen molar-refractivity contribution >= 4 is 21.6 Å². The summed E-state index contributed by atoms with van der Waals surface area (Å²) in [6, 6.07) is 3.89. The molecule has 0 aromatic carbocycles. The van der Waals surface area contributed by atoms with E-state index in [0.717, 1.165) is 27.0 Å². The summed E-state index contributed by atoms with van der Waals surface area (Å²) in [5.41, 5.74) is 3.86. The summed E-state index contributed by atoms with van der Waals surface area (Å²) in [6.45, 7) is 5.91. The zero-order valence-corrected chi connectivity index (χ0v) is 12.4. The number of nitrogens with zero attached hydrogens (tertiary/aromatic N) is 3. The molecule has 1 unspecified atom stereocenters. The van der Waals surface area contributed by atoms with Crippen LogP contribution in [0.25, 0.3) is 10.2 Å². The number of pyridine rings is 1. The van der Waals surface area contributed by atoms with Crippen LogP contribution in [0.3, 0.4) is 0 Å². The lowest BCUT2D eigenvalue weighted by molar-refractivity contribution is 0.607. The van der Waals surface area contributed by atoms with Crippen molar-refractivity contribution in [2.24, 2.45) is 0 Å². The highest BCUT2D eigenvalue weighted by atomic mass is 32.1. The summed E-state index contributed by atoms with van der Waals surface area (Å²) in [6.07, 6.45) is 3.45. The Kier molecular flexibility index (Phi) is 3.14. The van der Waals surface area contributed by atoms with Crippen LogP contribution >= 0.6 is 11.3 Å². The summed E-state index contributed by atoms with van der Waals surface area (Å²) in [5.74, 6) is 0. The van der Waals surface area contributed by atoms with Crippen molar-refractivity contribution in [3.05, 3.63) is 57.2 Å². The van der Waals surface area contributed by atoms with E-state index >= 15 is 0 Å². The van der Waals surface area contributed by atoms with Crippen molar-refractivity contribution in [1.82, 2.24) is 14.5 Å². The zero-order valence-electron chi connectivity index (χ0n) is 11.6. The van der Waals surface area contributed by atoms with Crippen molar-refractivity contribution in [3.8, 4) is 0 Å². The van der Waals surface area contributed by atoms with Crippen LogP contribution in [-0.4, -0.2) is 14.5 Å². The first kappa shape index (κ1) is 13.0. The van der Waals surface area contributed by atoms with Crippen LogP contribution in [0.1, 0.15) is 29.8 Å². The van der Waals surface area contributed by atoms with E-state index in [1.54, 1.807) is 10.9 Å². The van der Waals surface area contributed by atoms with E-state index in [9.17, 15) is 4.79 Å². The van der Waals surface area contributed by atoms with Gasteiger partial charge in [-0.15, -0.1) is 11.3 Å². The largest absolute Gasteiger partial charge is 0.291 e. The second-order valence-corrected chi connectivity index (χ2v) is 5.84. The fraction of sp³-hybridized carbons (Fsp3) is 0.267. The van der Waals surface area contributed by atoms with Gasteiger partial charge in [0, 0.05) is 11.9 Å². The molecule has 0 aliphatic carbocycles. The number of aryl methyl sites for hydroxylation is 2. The molecular weight excluding hydrogens is 270 g/mol. The van der Waals surface area contributed by atoms with Gasteiger partial charge in [0.1, 0.15) is 4.70 Å². The predicted octanol–water partition coefficient (Wildman–Crippen LogP) is 3.08. The minimum atomic E-state index is -0.0742. The second kappa shape index (κ2) is 4.83. The molecule has 5 heteroatoms. The fourth-order valence-corrected chi connectivity index (χ4v) is 3.14. The Labute approximate surface area is 120 Å². The number of fused-ring (bicyclic) bond motifs is 1. The molecular formula is C15H15N3OS. The first-order valence-electron chi connectivity index (χ1n) is 6.45. The lowest BCUT2D eigenvalue weighted by atomic mass is 10.1. The van der Waals surface area contributed by atoms with Crippen molar-refractivity contribution < 1.29 is 0 Å². The summed E-state index contributed by atoms with van der Waals surface area (Å²) in [5, 5.41) is 1.97. The Hall–Kier alpha value is -2.01. The van der Waals surface area contributed by atoms with E-state index < -0.39 is 0 Å². The normalized spacial score (nSPS) is 12.8. The van der Waals surface area contributed by atoms with E-state index in [2.05, 4.69) is 9.97 Å². The smallest absolute Gasteiger partial charge is 0.271 e. The second-order valence-electron chi connectivity index (χ2n) is 4.96. The molecule has 4 nitrogen and oxygen atoms in total. The van der Waals surface area contributed by atoms with Crippen LogP contribution in [0.5, 0.6) is 0 Å². The molecule has 1 atom stereocenters. The number of hydrogen-bond acceptors (Lipinski definition) is 4. The quantitative estimate of drug-likeness (QED) is 0.727. The Morgan fingerprint density at radius 1 is 1.25 bits per heavy atom. The maximum absolute atomic E-state index is 12.5. The highest BCUT2D eigenvalue weighted by Gasteiger charge is 2.14. The Morgan fingerprint density at radius 2 is 2.05 bits per heavy atom. The maximum Gasteiger partial charge on any atom is 0.271 e. The third kappa shape index (κ3) is 2.04. The summed E-state index contributed by atoms with van der Waals surface area (Å²) < 4.78 is 2.39. The van der Waals surface area contributed by atoms with Gasteiger partial charge in [-0.3, -0.25) is 14.3 Å². The van der Waals surface area contributed by atoms with E-state index in [-0.39, 0.29) is 11.6 Å². The number of thiophene rings is 1. The van der Waals surface area contributed by atoms with Gasteiger partial charge in [0.2, 0.25) is 0 Å². The minimum Gasteiger partial charge on any atom is -0.291 e. The first-order valence-corrected chi connectivity index (χ1v) is 7.33. The molecule has 0 bridgehead atoms. The third-order valence-corrected chi connectivity index (χ3v) is 4.59. The van der Waals surface area contributed by atoms with E-state index in [1.165, 1.54) is 11.3 Å². The summed E-state index contributed by atoms with van der Waals surface area (Å²) in [4.78, 5) is 21.2. The molecule has 3 aromatic heterocycles. The van der Waals surface area contributed by atoms with Crippen molar-refractivity contribution in [1.29, 1.82) is 0 Å². The molecule has 20 heavy (non-hydrogen) atoms. The zero-order chi connectivity index (χ0) is 14.3.